The molecule has 0 aliphatic carbocycles. The van der Waals surface area contributed by atoms with Crippen LogP contribution in [0.5, 0.6) is 0 Å². The first-order chi connectivity index (χ1) is 9.31. The summed E-state index contributed by atoms with van der Waals surface area (Å²) in [7, 11) is 0. The lowest BCUT2D eigenvalue weighted by Gasteiger charge is -2.22. The molecular formula is C14H15F2NO3. The van der Waals surface area contributed by atoms with E-state index >= 15 is 0 Å². The van der Waals surface area contributed by atoms with Gasteiger partial charge in [0.25, 0.3) is 5.91 Å². The van der Waals surface area contributed by atoms with Crippen molar-refractivity contribution in [2.24, 2.45) is 5.92 Å². The van der Waals surface area contributed by atoms with Gasteiger partial charge >= 0.3 is 5.97 Å². The minimum atomic E-state index is -1.45. The number of likely N-dealkylation sites (tertiary alicyclic amines) is 1. The molecule has 2 atom stereocenters. The fraction of sp³-hybridized carbons (Fsp3) is 0.429. The molecule has 1 fully saturated rings. The fourth-order valence-electron chi connectivity index (χ4n) is 2.64. The molecule has 4 nitrogen and oxygen atoms in total. The average Bonchev–Trinajstić information content (AvgIpc) is 2.70. The van der Waals surface area contributed by atoms with E-state index < -0.39 is 29.1 Å². The quantitative estimate of drug-likeness (QED) is 0.907. The predicted octanol–water partition coefficient (Wildman–Crippen LogP) is 2.53. The smallest absolute Gasteiger partial charge is 0.336 e. The van der Waals surface area contributed by atoms with E-state index in [2.05, 4.69) is 0 Å². The zero-order valence-electron chi connectivity index (χ0n) is 11.2. The first kappa shape index (κ1) is 14.4. The fourth-order valence-corrected chi connectivity index (χ4v) is 2.64. The Labute approximate surface area is 115 Å². The van der Waals surface area contributed by atoms with E-state index in [0.29, 0.717) is 24.6 Å². The maximum atomic E-state index is 13.3. The van der Waals surface area contributed by atoms with Crippen LogP contribution >= 0.6 is 0 Å². The first-order valence-electron chi connectivity index (χ1n) is 6.34. The number of hydrogen-bond donors (Lipinski definition) is 1. The summed E-state index contributed by atoms with van der Waals surface area (Å²) in [6, 6.07) is 1.17. The van der Waals surface area contributed by atoms with Crippen molar-refractivity contribution in [3.63, 3.8) is 0 Å². The second-order valence-electron chi connectivity index (χ2n) is 5.26. The Morgan fingerprint density at radius 1 is 1.20 bits per heavy atom. The predicted molar refractivity (Wildman–Crippen MR) is 67.6 cm³/mol. The van der Waals surface area contributed by atoms with Gasteiger partial charge in [0.05, 0.1) is 11.1 Å². The van der Waals surface area contributed by atoms with Crippen LogP contribution in [-0.2, 0) is 0 Å². The SMILES string of the molecule is CC1CC(C)N(C(=O)c2cc(F)c(F)cc2C(=O)O)C1. The number of benzene rings is 1. The van der Waals surface area contributed by atoms with Gasteiger partial charge in [0.15, 0.2) is 11.6 Å². The van der Waals surface area contributed by atoms with E-state index in [0.717, 1.165) is 6.42 Å². The summed E-state index contributed by atoms with van der Waals surface area (Å²) in [6.45, 7) is 4.31. The van der Waals surface area contributed by atoms with Gasteiger partial charge in [-0.15, -0.1) is 0 Å². The lowest BCUT2D eigenvalue weighted by atomic mass is 10.1. The van der Waals surface area contributed by atoms with Crippen LogP contribution in [0.1, 0.15) is 41.0 Å². The van der Waals surface area contributed by atoms with Crippen molar-refractivity contribution in [2.75, 3.05) is 6.54 Å². The average molecular weight is 283 g/mol. The monoisotopic (exact) mass is 283 g/mol. The molecule has 2 unspecified atom stereocenters. The summed E-state index contributed by atoms with van der Waals surface area (Å²) < 4.78 is 26.4. The standard InChI is InChI=1S/C14H15F2NO3/c1-7-3-8(2)17(6-7)13(18)9-4-11(15)12(16)5-10(9)14(19)20/h4-5,7-8H,3,6H2,1-2H3,(H,19,20). The third kappa shape index (κ3) is 2.50. The Kier molecular flexibility index (Phi) is 3.74. The number of rotatable bonds is 2. The molecule has 1 N–H and O–H groups in total. The summed E-state index contributed by atoms with van der Waals surface area (Å²) in [4.78, 5) is 25.0. The van der Waals surface area contributed by atoms with Crippen molar-refractivity contribution >= 4 is 11.9 Å². The number of nitrogens with zero attached hydrogens (tertiary/aromatic N) is 1. The third-order valence-electron chi connectivity index (χ3n) is 3.57. The molecule has 0 bridgehead atoms. The number of carboxylic acid groups (broad SMARTS) is 1. The summed E-state index contributed by atoms with van der Waals surface area (Å²) in [6.07, 6.45) is 0.803. The lowest BCUT2D eigenvalue weighted by Crippen LogP contribution is -2.35. The van der Waals surface area contributed by atoms with Crippen molar-refractivity contribution in [2.45, 2.75) is 26.3 Å². The number of aromatic carboxylic acids is 1. The molecule has 1 heterocycles. The second kappa shape index (κ2) is 5.19. The third-order valence-corrected chi connectivity index (χ3v) is 3.57. The number of hydrogen-bond acceptors (Lipinski definition) is 2. The Morgan fingerprint density at radius 2 is 1.75 bits per heavy atom. The Hall–Kier alpha value is -1.98. The zero-order valence-corrected chi connectivity index (χ0v) is 11.2. The summed E-state index contributed by atoms with van der Waals surface area (Å²) in [5, 5.41) is 9.03. The van der Waals surface area contributed by atoms with Gasteiger partial charge < -0.3 is 10.0 Å². The molecular weight excluding hydrogens is 268 g/mol. The molecule has 1 saturated heterocycles. The first-order valence-corrected chi connectivity index (χ1v) is 6.34. The molecule has 1 aromatic carbocycles. The zero-order chi connectivity index (χ0) is 15.0. The van der Waals surface area contributed by atoms with Crippen LogP contribution < -0.4 is 0 Å². The highest BCUT2D eigenvalue weighted by Crippen LogP contribution is 2.26. The minimum Gasteiger partial charge on any atom is -0.478 e. The van der Waals surface area contributed by atoms with Gasteiger partial charge in [-0.25, -0.2) is 13.6 Å². The molecule has 1 aliphatic heterocycles. The highest BCUT2D eigenvalue weighted by atomic mass is 19.2. The molecule has 20 heavy (non-hydrogen) atoms. The van der Waals surface area contributed by atoms with E-state index in [4.69, 9.17) is 5.11 Å². The van der Waals surface area contributed by atoms with Gasteiger partial charge in [0.1, 0.15) is 0 Å². The molecule has 0 saturated carbocycles. The highest BCUT2D eigenvalue weighted by molar-refractivity contribution is 6.05. The van der Waals surface area contributed by atoms with Crippen LogP contribution in [0, 0.1) is 17.6 Å². The van der Waals surface area contributed by atoms with Gasteiger partial charge in [-0.05, 0) is 31.4 Å². The van der Waals surface area contributed by atoms with Crippen LogP contribution in [0.25, 0.3) is 0 Å². The summed E-state index contributed by atoms with van der Waals surface area (Å²) >= 11 is 0. The van der Waals surface area contributed by atoms with Gasteiger partial charge in [-0.1, -0.05) is 6.92 Å². The van der Waals surface area contributed by atoms with Gasteiger partial charge in [0, 0.05) is 12.6 Å². The lowest BCUT2D eigenvalue weighted by molar-refractivity contribution is 0.0670. The van der Waals surface area contributed by atoms with E-state index in [1.165, 1.54) is 4.90 Å². The molecule has 0 radical (unpaired) electrons. The molecule has 0 spiro atoms. The van der Waals surface area contributed by atoms with Gasteiger partial charge in [0.2, 0.25) is 0 Å². The molecule has 6 heteroatoms. The van der Waals surface area contributed by atoms with Crippen LogP contribution in [0.2, 0.25) is 0 Å². The Morgan fingerprint density at radius 3 is 2.20 bits per heavy atom. The summed E-state index contributed by atoms with van der Waals surface area (Å²) in [5.41, 5.74) is -0.821. The Balaban J connectivity index is 2.44. The van der Waals surface area contributed by atoms with Crippen LogP contribution in [0.4, 0.5) is 8.78 Å². The molecule has 0 aromatic heterocycles. The normalized spacial score (nSPS) is 22.1. The van der Waals surface area contributed by atoms with Gasteiger partial charge in [-0.2, -0.15) is 0 Å². The Bertz CT molecular complexity index is 574. The van der Waals surface area contributed by atoms with Crippen molar-refractivity contribution in [3.8, 4) is 0 Å². The van der Waals surface area contributed by atoms with E-state index in [1.54, 1.807) is 0 Å². The largest absolute Gasteiger partial charge is 0.478 e. The number of halogens is 2. The van der Waals surface area contributed by atoms with E-state index in [1.807, 2.05) is 13.8 Å². The maximum absolute atomic E-state index is 13.3. The number of carbonyl (C=O) groups excluding carboxylic acids is 1. The number of carbonyl (C=O) groups is 2. The van der Waals surface area contributed by atoms with Crippen molar-refractivity contribution in [1.29, 1.82) is 0 Å². The van der Waals surface area contributed by atoms with Crippen molar-refractivity contribution in [3.05, 3.63) is 34.9 Å². The molecule has 1 aliphatic rings. The topological polar surface area (TPSA) is 57.6 Å². The number of carboxylic acids is 1. The molecule has 1 aromatic rings. The second-order valence-corrected chi connectivity index (χ2v) is 5.26. The molecule has 108 valence electrons. The number of amides is 1. The van der Waals surface area contributed by atoms with Crippen molar-refractivity contribution in [1.82, 2.24) is 4.90 Å². The molecule has 2 rings (SSSR count). The maximum Gasteiger partial charge on any atom is 0.336 e. The summed E-state index contributed by atoms with van der Waals surface area (Å²) in [5.74, 6) is -4.22. The van der Waals surface area contributed by atoms with Crippen LogP contribution in [0.15, 0.2) is 12.1 Å². The van der Waals surface area contributed by atoms with Gasteiger partial charge in [-0.3, -0.25) is 4.79 Å². The van der Waals surface area contributed by atoms with E-state index in [-0.39, 0.29) is 11.6 Å². The highest BCUT2D eigenvalue weighted by Gasteiger charge is 2.33. The van der Waals surface area contributed by atoms with Crippen molar-refractivity contribution < 1.29 is 23.5 Å². The van der Waals surface area contributed by atoms with Crippen LogP contribution in [0.3, 0.4) is 0 Å². The van der Waals surface area contributed by atoms with E-state index in [9.17, 15) is 18.4 Å². The van der Waals surface area contributed by atoms with Crippen LogP contribution in [-0.4, -0.2) is 34.5 Å². The minimum absolute atomic E-state index is 0.0488. The molecule has 1 amide bonds.